The molecule has 0 atom stereocenters. The normalized spacial score (nSPS) is 10.7. The summed E-state index contributed by atoms with van der Waals surface area (Å²) in [5.41, 5.74) is 7.88. The summed E-state index contributed by atoms with van der Waals surface area (Å²) in [4.78, 5) is 15.1. The fourth-order valence-electron chi connectivity index (χ4n) is 1.91. The Labute approximate surface area is 123 Å². The molecule has 0 radical (unpaired) electrons. The molecule has 0 aliphatic carbocycles. The molecule has 21 heavy (non-hydrogen) atoms. The summed E-state index contributed by atoms with van der Waals surface area (Å²) < 4.78 is 5.72. The van der Waals surface area contributed by atoms with Crippen molar-refractivity contribution in [1.82, 2.24) is 4.98 Å². The van der Waals surface area contributed by atoms with Gasteiger partial charge in [0.25, 0.3) is 0 Å². The Morgan fingerprint density at radius 2 is 2.05 bits per heavy atom. The molecule has 0 amide bonds. The van der Waals surface area contributed by atoms with Gasteiger partial charge in [0.1, 0.15) is 11.4 Å². The number of benzene rings is 1. The number of rotatable bonds is 4. The number of anilines is 1. The molecule has 2 aromatic rings. The zero-order valence-corrected chi connectivity index (χ0v) is 12.3. The lowest BCUT2D eigenvalue weighted by Gasteiger charge is -2.13. The van der Waals surface area contributed by atoms with E-state index in [-0.39, 0.29) is 17.1 Å². The van der Waals surface area contributed by atoms with Crippen molar-refractivity contribution in [1.29, 1.82) is 0 Å². The standard InChI is InChI=1S/C16H18N2O3/c1-9(2)11-5-4-10(3)13(8-11)21-15-14(17)12(16(19)20)6-7-18-15/h4-9H,17H2,1-3H3,(H,19,20). The van der Waals surface area contributed by atoms with Gasteiger partial charge in [0.15, 0.2) is 0 Å². The van der Waals surface area contributed by atoms with Crippen LogP contribution >= 0.6 is 0 Å². The monoisotopic (exact) mass is 286 g/mol. The number of carboxylic acids is 1. The molecule has 0 saturated carbocycles. The maximum atomic E-state index is 11.1. The van der Waals surface area contributed by atoms with Gasteiger partial charge >= 0.3 is 5.97 Å². The van der Waals surface area contributed by atoms with Crippen molar-refractivity contribution in [2.75, 3.05) is 5.73 Å². The van der Waals surface area contributed by atoms with Crippen LogP contribution in [0.3, 0.4) is 0 Å². The van der Waals surface area contributed by atoms with Gasteiger partial charge < -0.3 is 15.6 Å². The molecule has 2 rings (SSSR count). The molecule has 1 aromatic carbocycles. The van der Waals surface area contributed by atoms with Gasteiger partial charge in [-0.1, -0.05) is 26.0 Å². The second-order valence-corrected chi connectivity index (χ2v) is 5.16. The smallest absolute Gasteiger partial charge is 0.338 e. The van der Waals surface area contributed by atoms with Gasteiger partial charge in [0, 0.05) is 6.20 Å². The van der Waals surface area contributed by atoms with Crippen molar-refractivity contribution >= 4 is 11.7 Å². The van der Waals surface area contributed by atoms with Crippen LogP contribution in [0.25, 0.3) is 0 Å². The number of hydrogen-bond acceptors (Lipinski definition) is 4. The fourth-order valence-corrected chi connectivity index (χ4v) is 1.91. The number of nitrogens with two attached hydrogens (primary N) is 1. The summed E-state index contributed by atoms with van der Waals surface area (Å²) in [5.74, 6) is -0.00198. The highest BCUT2D eigenvalue weighted by Crippen LogP contribution is 2.31. The van der Waals surface area contributed by atoms with Crippen LogP contribution in [0.15, 0.2) is 30.5 Å². The van der Waals surface area contributed by atoms with Crippen LogP contribution in [0.2, 0.25) is 0 Å². The van der Waals surface area contributed by atoms with E-state index in [1.807, 2.05) is 25.1 Å². The van der Waals surface area contributed by atoms with Crippen molar-refractivity contribution in [2.45, 2.75) is 26.7 Å². The number of nitrogens with zero attached hydrogens (tertiary/aromatic N) is 1. The first-order valence-corrected chi connectivity index (χ1v) is 6.66. The SMILES string of the molecule is Cc1ccc(C(C)C)cc1Oc1nccc(C(=O)O)c1N. The third-order valence-electron chi connectivity index (χ3n) is 3.27. The van der Waals surface area contributed by atoms with Crippen LogP contribution in [0, 0.1) is 6.92 Å². The molecule has 1 heterocycles. The summed E-state index contributed by atoms with van der Waals surface area (Å²) >= 11 is 0. The molecular weight excluding hydrogens is 268 g/mol. The third-order valence-corrected chi connectivity index (χ3v) is 3.27. The Kier molecular flexibility index (Phi) is 4.12. The van der Waals surface area contributed by atoms with Gasteiger partial charge in [-0.2, -0.15) is 0 Å². The first-order chi connectivity index (χ1) is 9.90. The van der Waals surface area contributed by atoms with Crippen LogP contribution in [0.1, 0.15) is 41.3 Å². The number of ether oxygens (including phenoxy) is 1. The molecule has 0 aliphatic heterocycles. The van der Waals surface area contributed by atoms with Gasteiger partial charge in [-0.25, -0.2) is 9.78 Å². The topological polar surface area (TPSA) is 85.4 Å². The summed E-state index contributed by atoms with van der Waals surface area (Å²) in [6.45, 7) is 6.09. The van der Waals surface area contributed by atoms with Gasteiger partial charge in [-0.3, -0.25) is 0 Å². The van der Waals surface area contributed by atoms with Crippen LogP contribution in [-0.4, -0.2) is 16.1 Å². The van der Waals surface area contributed by atoms with E-state index in [2.05, 4.69) is 18.8 Å². The van der Waals surface area contributed by atoms with E-state index < -0.39 is 5.97 Å². The number of carbonyl (C=O) groups is 1. The molecule has 1 aromatic heterocycles. The van der Waals surface area contributed by atoms with E-state index in [4.69, 9.17) is 15.6 Å². The average Bonchev–Trinajstić information content (AvgIpc) is 2.42. The zero-order chi connectivity index (χ0) is 15.6. The second kappa shape index (κ2) is 5.83. The molecule has 110 valence electrons. The van der Waals surface area contributed by atoms with Crippen molar-refractivity contribution in [2.24, 2.45) is 0 Å². The predicted octanol–water partition coefficient (Wildman–Crippen LogP) is 3.59. The highest BCUT2D eigenvalue weighted by molar-refractivity contribution is 5.94. The van der Waals surface area contributed by atoms with Gasteiger partial charge in [-0.15, -0.1) is 0 Å². The lowest BCUT2D eigenvalue weighted by molar-refractivity contribution is 0.0697. The van der Waals surface area contributed by atoms with Crippen LogP contribution in [-0.2, 0) is 0 Å². The van der Waals surface area contributed by atoms with E-state index >= 15 is 0 Å². The van der Waals surface area contributed by atoms with E-state index in [1.54, 1.807) is 0 Å². The molecule has 3 N–H and O–H groups in total. The number of aryl methyl sites for hydroxylation is 1. The van der Waals surface area contributed by atoms with Crippen molar-refractivity contribution in [3.8, 4) is 11.6 Å². The molecule has 0 aliphatic rings. The Hall–Kier alpha value is -2.56. The Morgan fingerprint density at radius 1 is 1.33 bits per heavy atom. The molecular formula is C16H18N2O3. The maximum Gasteiger partial charge on any atom is 0.338 e. The number of pyridine rings is 1. The zero-order valence-electron chi connectivity index (χ0n) is 12.3. The lowest BCUT2D eigenvalue weighted by Crippen LogP contribution is -2.05. The number of aromatic carboxylic acids is 1. The minimum Gasteiger partial charge on any atom is -0.478 e. The van der Waals surface area contributed by atoms with Gasteiger partial charge in [-0.05, 0) is 36.1 Å². The number of hydrogen-bond donors (Lipinski definition) is 2. The minimum atomic E-state index is -1.10. The van der Waals surface area contributed by atoms with Crippen LogP contribution in [0.4, 0.5) is 5.69 Å². The summed E-state index contributed by atoms with van der Waals surface area (Å²) in [6, 6.07) is 7.27. The average molecular weight is 286 g/mol. The summed E-state index contributed by atoms with van der Waals surface area (Å²) in [7, 11) is 0. The van der Waals surface area contributed by atoms with Crippen LogP contribution < -0.4 is 10.5 Å². The number of aromatic nitrogens is 1. The Balaban J connectivity index is 2.41. The van der Waals surface area contributed by atoms with E-state index in [1.165, 1.54) is 12.3 Å². The molecule has 0 spiro atoms. The van der Waals surface area contributed by atoms with Gasteiger partial charge in [0.05, 0.1) is 5.56 Å². The third kappa shape index (κ3) is 3.13. The summed E-state index contributed by atoms with van der Waals surface area (Å²) in [6.07, 6.45) is 1.37. The molecule has 0 saturated heterocycles. The van der Waals surface area contributed by atoms with Crippen molar-refractivity contribution < 1.29 is 14.6 Å². The van der Waals surface area contributed by atoms with Gasteiger partial charge in [0.2, 0.25) is 5.88 Å². The molecule has 5 heteroatoms. The molecule has 5 nitrogen and oxygen atoms in total. The van der Waals surface area contributed by atoms with E-state index in [0.717, 1.165) is 11.1 Å². The predicted molar refractivity (Wildman–Crippen MR) is 81.0 cm³/mol. The van der Waals surface area contributed by atoms with Crippen molar-refractivity contribution in [3.63, 3.8) is 0 Å². The quantitative estimate of drug-likeness (QED) is 0.897. The first kappa shape index (κ1) is 14.8. The highest BCUT2D eigenvalue weighted by Gasteiger charge is 2.15. The van der Waals surface area contributed by atoms with Crippen molar-refractivity contribution in [3.05, 3.63) is 47.2 Å². The summed E-state index contributed by atoms with van der Waals surface area (Å²) in [5, 5.41) is 9.06. The number of carboxylic acid groups (broad SMARTS) is 1. The molecule has 0 fully saturated rings. The fraction of sp³-hybridized carbons (Fsp3) is 0.250. The first-order valence-electron chi connectivity index (χ1n) is 6.66. The highest BCUT2D eigenvalue weighted by atomic mass is 16.5. The minimum absolute atomic E-state index is 0.0160. The molecule has 0 bridgehead atoms. The maximum absolute atomic E-state index is 11.1. The van der Waals surface area contributed by atoms with Crippen LogP contribution in [0.5, 0.6) is 11.6 Å². The second-order valence-electron chi connectivity index (χ2n) is 5.16. The van der Waals surface area contributed by atoms with E-state index in [9.17, 15) is 4.79 Å². The largest absolute Gasteiger partial charge is 0.478 e. The lowest BCUT2D eigenvalue weighted by atomic mass is 10.0. The Bertz CT molecular complexity index is 681. The Morgan fingerprint density at radius 3 is 2.67 bits per heavy atom. The number of nitrogen functional groups attached to an aromatic ring is 1. The molecule has 0 unspecified atom stereocenters. The van der Waals surface area contributed by atoms with E-state index in [0.29, 0.717) is 11.7 Å².